The Morgan fingerprint density at radius 1 is 0.322 bits per heavy atom. The topological polar surface area (TPSA) is 22.2 Å². The van der Waals surface area contributed by atoms with Crippen LogP contribution in [0.1, 0.15) is 0 Å². The highest BCUT2D eigenvalue weighted by Crippen LogP contribution is 2.53. The lowest BCUT2D eigenvalue weighted by Gasteiger charge is -2.44. The minimum Gasteiger partial charge on any atom is -0.458 e. The maximum absolute atomic E-state index is 7.37. The van der Waals surface area contributed by atoms with Gasteiger partial charge in [-0.3, -0.25) is 0 Å². The number of hydrogen-bond acceptors (Lipinski definition) is 7. The van der Waals surface area contributed by atoms with Gasteiger partial charge in [-0.2, -0.15) is 0 Å². The highest BCUT2D eigenvalue weighted by molar-refractivity contribution is 8.00. The highest BCUT2D eigenvalue weighted by atomic mass is 32.2. The second kappa shape index (κ2) is 20.1. The molecule has 406 valence electrons. The normalized spacial score (nSPS) is 13.0. The number of thiophene rings is 1. The minimum absolute atomic E-state index is 0.0888. The van der Waals surface area contributed by atoms with Crippen LogP contribution in [0, 0.1) is 0 Å². The molecular formula is C78H50B2N4OS2. The number of hydrogen-bond donors (Lipinski definition) is 0. The van der Waals surface area contributed by atoms with E-state index in [1.165, 1.54) is 68.8 Å². The average Bonchev–Trinajstić information content (AvgIpc) is 0.921. The van der Waals surface area contributed by atoms with Gasteiger partial charge in [0, 0.05) is 98.5 Å². The van der Waals surface area contributed by atoms with Crippen LogP contribution in [0.4, 0.5) is 68.2 Å². The first-order chi connectivity index (χ1) is 43.2. The van der Waals surface area contributed by atoms with Crippen molar-refractivity contribution in [3.63, 3.8) is 0 Å². The third-order valence-electron chi connectivity index (χ3n) is 17.9. The van der Waals surface area contributed by atoms with Crippen LogP contribution in [0.25, 0.3) is 31.3 Å². The zero-order chi connectivity index (χ0) is 57.1. The van der Waals surface area contributed by atoms with Gasteiger partial charge in [0.05, 0.1) is 11.4 Å². The van der Waals surface area contributed by atoms with E-state index in [-0.39, 0.29) is 13.4 Å². The molecule has 14 aromatic rings. The highest BCUT2D eigenvalue weighted by Gasteiger charge is 2.47. The summed E-state index contributed by atoms with van der Waals surface area (Å²) in [6.07, 6.45) is 0. The van der Waals surface area contributed by atoms with E-state index in [1.54, 1.807) is 0 Å². The van der Waals surface area contributed by atoms with Crippen molar-refractivity contribution in [2.75, 3.05) is 19.6 Å². The van der Waals surface area contributed by atoms with Crippen molar-refractivity contribution in [2.45, 2.75) is 9.79 Å². The predicted octanol–water partition coefficient (Wildman–Crippen LogP) is 17.8. The van der Waals surface area contributed by atoms with E-state index >= 15 is 0 Å². The second-order valence-corrected chi connectivity index (χ2v) is 24.9. The molecule has 0 N–H and O–H groups in total. The van der Waals surface area contributed by atoms with Crippen molar-refractivity contribution >= 4 is 158 Å². The Morgan fingerprint density at radius 2 is 0.862 bits per heavy atom. The molecule has 0 radical (unpaired) electrons. The lowest BCUT2D eigenvalue weighted by atomic mass is 9.31. The molecule has 0 unspecified atom stereocenters. The second-order valence-electron chi connectivity index (χ2n) is 22.7. The van der Waals surface area contributed by atoms with Crippen molar-refractivity contribution < 1.29 is 4.74 Å². The molecule has 0 aliphatic carbocycles. The van der Waals surface area contributed by atoms with E-state index < -0.39 is 0 Å². The molecule has 0 amide bonds. The Labute approximate surface area is 514 Å². The first kappa shape index (κ1) is 49.9. The summed E-state index contributed by atoms with van der Waals surface area (Å²) < 4.78 is 9.90. The summed E-state index contributed by atoms with van der Waals surface area (Å²) in [5.41, 5.74) is 23.0. The van der Waals surface area contributed by atoms with Gasteiger partial charge in [-0.25, -0.2) is 0 Å². The lowest BCUT2D eigenvalue weighted by molar-refractivity contribution is 0.487. The number of nitrogens with zero attached hydrogens (tertiary/aromatic N) is 4. The molecule has 0 saturated heterocycles. The number of fused-ring (bicyclic) bond motifs is 11. The number of rotatable bonds is 9. The Balaban J connectivity index is 0.947. The van der Waals surface area contributed by atoms with Crippen LogP contribution >= 0.6 is 23.1 Å². The Kier molecular flexibility index (Phi) is 11.5. The smallest absolute Gasteiger partial charge is 0.256 e. The molecule has 0 bridgehead atoms. The van der Waals surface area contributed by atoms with Crippen LogP contribution in [0.15, 0.2) is 313 Å². The van der Waals surface area contributed by atoms with Crippen LogP contribution in [0.3, 0.4) is 0 Å². The molecule has 18 rings (SSSR count). The van der Waals surface area contributed by atoms with Gasteiger partial charge in [-0.1, -0.05) is 199 Å². The van der Waals surface area contributed by atoms with E-state index in [9.17, 15) is 0 Å². The number of ether oxygens (including phenoxy) is 1. The Morgan fingerprint density at radius 3 is 1.53 bits per heavy atom. The van der Waals surface area contributed by atoms with Crippen LogP contribution in [0.5, 0.6) is 11.5 Å². The minimum atomic E-state index is -0.170. The fourth-order valence-electron chi connectivity index (χ4n) is 14.3. The van der Waals surface area contributed by atoms with E-state index in [1.807, 2.05) is 23.1 Å². The Bertz CT molecular complexity index is 4960. The van der Waals surface area contributed by atoms with Crippen molar-refractivity contribution in [3.8, 4) is 22.6 Å². The number of anilines is 12. The molecule has 0 atom stereocenters. The standard InChI is InChI=1S/C78H50B2N4OS2/c1-7-25-51(26-8-1)75-65(43-44-72-76(75)59-37-19-24-42-71(59)86-72)84-66-50-73-63(49-62(66)80-61-39-21-23-41-69(61)85-70-47-57(45-67(84)77(70)80)81(52-27-9-2-10-28-52)53-29-11-3-12-30-53)79-60-38-20-22-40-64(60)83(56-35-17-6-18-36-56)68-46-58(48-74(87-73)78(68)79)82(54-31-13-4-14-32-54)55-33-15-5-16-34-55/h1-50H. The molecule has 0 spiro atoms. The van der Waals surface area contributed by atoms with Crippen LogP contribution in [-0.4, -0.2) is 13.4 Å². The van der Waals surface area contributed by atoms with Gasteiger partial charge in [0.1, 0.15) is 11.5 Å². The van der Waals surface area contributed by atoms with E-state index in [0.29, 0.717) is 0 Å². The molecule has 4 aliphatic heterocycles. The molecular weight excluding hydrogens is 1090 g/mol. The molecule has 87 heavy (non-hydrogen) atoms. The van der Waals surface area contributed by atoms with Gasteiger partial charge >= 0.3 is 0 Å². The van der Waals surface area contributed by atoms with Crippen LogP contribution in [-0.2, 0) is 0 Å². The summed E-state index contributed by atoms with van der Waals surface area (Å²) >= 11 is 3.77. The summed E-state index contributed by atoms with van der Waals surface area (Å²) in [5.74, 6) is 1.71. The summed E-state index contributed by atoms with van der Waals surface area (Å²) in [7, 11) is 0. The van der Waals surface area contributed by atoms with Gasteiger partial charge < -0.3 is 24.3 Å². The van der Waals surface area contributed by atoms with Gasteiger partial charge in [0.15, 0.2) is 0 Å². The predicted molar refractivity (Wildman–Crippen MR) is 370 cm³/mol. The maximum atomic E-state index is 7.37. The van der Waals surface area contributed by atoms with Gasteiger partial charge in [-0.05, 0) is 148 Å². The molecule has 5 heterocycles. The van der Waals surface area contributed by atoms with Crippen molar-refractivity contribution in [3.05, 3.63) is 303 Å². The quantitative estimate of drug-likeness (QED) is 0.133. The molecule has 5 nitrogen and oxygen atoms in total. The zero-order valence-corrected chi connectivity index (χ0v) is 48.7. The third-order valence-corrected chi connectivity index (χ3v) is 20.1. The average molecular weight is 1150 g/mol. The third kappa shape index (κ3) is 7.90. The fraction of sp³-hybridized carbons (Fsp3) is 0. The largest absolute Gasteiger partial charge is 0.458 e. The monoisotopic (exact) mass is 1140 g/mol. The first-order valence-corrected chi connectivity index (χ1v) is 31.3. The number of benzene rings is 13. The zero-order valence-electron chi connectivity index (χ0n) is 47.0. The summed E-state index contributed by atoms with van der Waals surface area (Å²) in [6, 6.07) is 111. The van der Waals surface area contributed by atoms with Crippen LogP contribution in [0.2, 0.25) is 0 Å². The van der Waals surface area contributed by atoms with E-state index in [2.05, 4.69) is 323 Å². The summed E-state index contributed by atoms with van der Waals surface area (Å²) in [4.78, 5) is 12.4. The van der Waals surface area contributed by atoms with E-state index in [0.717, 1.165) is 84.9 Å². The first-order valence-electron chi connectivity index (χ1n) is 29.7. The molecule has 13 aromatic carbocycles. The molecule has 9 heteroatoms. The van der Waals surface area contributed by atoms with Crippen molar-refractivity contribution in [2.24, 2.45) is 0 Å². The molecule has 0 fully saturated rings. The Hall–Kier alpha value is -10.4. The summed E-state index contributed by atoms with van der Waals surface area (Å²) in [6.45, 7) is -0.259. The van der Waals surface area contributed by atoms with Gasteiger partial charge in [0.25, 0.3) is 6.71 Å². The molecule has 4 aliphatic rings. The van der Waals surface area contributed by atoms with Gasteiger partial charge in [-0.15, -0.1) is 11.3 Å². The van der Waals surface area contributed by atoms with Crippen molar-refractivity contribution in [1.82, 2.24) is 0 Å². The lowest BCUT2D eigenvalue weighted by Crippen LogP contribution is -2.63. The molecule has 1 aromatic heterocycles. The fourth-order valence-corrected chi connectivity index (χ4v) is 16.7. The van der Waals surface area contributed by atoms with Gasteiger partial charge in [0.2, 0.25) is 6.71 Å². The SMILES string of the molecule is c1ccc(-c2c(N3c4cc5c(cc4B4c6ccccc6Oc6cc(N(c7ccccc7)c7ccccc7)cc3c64)B3c4ccccc4N(c4ccccc4)c4cc(N(c6ccccc6)c6ccccc6)cc(c43)S5)ccc3sc4ccccc4c23)cc1. The van der Waals surface area contributed by atoms with Crippen molar-refractivity contribution in [1.29, 1.82) is 0 Å². The molecule has 0 saturated carbocycles. The van der Waals surface area contributed by atoms with E-state index in [4.69, 9.17) is 4.74 Å². The maximum Gasteiger partial charge on any atom is 0.256 e. The number of para-hydroxylation sites is 7. The van der Waals surface area contributed by atoms with Crippen LogP contribution < -0.4 is 57.1 Å². The summed E-state index contributed by atoms with van der Waals surface area (Å²) in [5, 5.41) is 2.51.